The molecule has 184 valence electrons. The number of nitrogens with zero attached hydrogens (tertiary/aromatic N) is 1. The molecule has 8 heteroatoms. The number of nitrogens with one attached hydrogen (secondary N) is 1. The van der Waals surface area contributed by atoms with Gasteiger partial charge in [-0.3, -0.25) is 9.10 Å². The van der Waals surface area contributed by atoms with Gasteiger partial charge in [0.05, 0.1) is 30.3 Å². The topological polar surface area (TPSA) is 84.9 Å². The summed E-state index contributed by atoms with van der Waals surface area (Å²) in [6.07, 6.45) is -0.0653. The molecule has 3 aromatic carbocycles. The summed E-state index contributed by atoms with van der Waals surface area (Å²) in [6, 6.07) is 19.3. The van der Waals surface area contributed by atoms with Gasteiger partial charge in [0.15, 0.2) is 6.10 Å². The van der Waals surface area contributed by atoms with Gasteiger partial charge in [0, 0.05) is 0 Å². The number of amides is 1. The van der Waals surface area contributed by atoms with E-state index >= 15 is 0 Å². The Bertz CT molecular complexity index is 1300. The minimum Gasteiger partial charge on any atom is -0.497 e. The van der Waals surface area contributed by atoms with Crippen LogP contribution in [0.15, 0.2) is 71.6 Å². The summed E-state index contributed by atoms with van der Waals surface area (Å²) in [5, 5.41) is 2.97. The van der Waals surface area contributed by atoms with Crippen molar-refractivity contribution in [3.05, 3.63) is 83.4 Å². The molecule has 0 aliphatic carbocycles. The number of hydrogen-bond donors (Lipinski definition) is 1. The van der Waals surface area contributed by atoms with Crippen LogP contribution in [0.1, 0.15) is 36.6 Å². The van der Waals surface area contributed by atoms with Crippen LogP contribution >= 0.6 is 0 Å². The number of aryl methyl sites for hydroxylation is 2. The monoisotopic (exact) mass is 494 g/mol. The number of fused-ring (bicyclic) bond motifs is 1. The third kappa shape index (κ3) is 5.12. The van der Waals surface area contributed by atoms with Gasteiger partial charge < -0.3 is 14.8 Å². The molecule has 0 radical (unpaired) electrons. The summed E-state index contributed by atoms with van der Waals surface area (Å²) in [4.78, 5) is 13.3. The second kappa shape index (κ2) is 10.00. The molecule has 35 heavy (non-hydrogen) atoms. The maximum absolute atomic E-state index is 13.6. The smallest absolute Gasteiger partial charge is 0.264 e. The van der Waals surface area contributed by atoms with Crippen molar-refractivity contribution in [1.29, 1.82) is 0 Å². The summed E-state index contributed by atoms with van der Waals surface area (Å²) < 4.78 is 39.7. The third-order valence-electron chi connectivity index (χ3n) is 6.17. The zero-order valence-corrected chi connectivity index (χ0v) is 21.1. The fraction of sp³-hybridized carbons (Fsp3) is 0.296. The van der Waals surface area contributed by atoms with Crippen molar-refractivity contribution in [1.82, 2.24) is 5.32 Å². The van der Waals surface area contributed by atoms with E-state index in [-0.39, 0.29) is 23.4 Å². The van der Waals surface area contributed by atoms with E-state index in [0.29, 0.717) is 17.2 Å². The lowest BCUT2D eigenvalue weighted by Gasteiger charge is -2.35. The summed E-state index contributed by atoms with van der Waals surface area (Å²) in [7, 11) is -2.43. The number of anilines is 1. The van der Waals surface area contributed by atoms with Gasteiger partial charge in [-0.05, 0) is 73.4 Å². The molecular formula is C27H30N2O5S. The second-order valence-electron chi connectivity index (χ2n) is 8.61. The van der Waals surface area contributed by atoms with Gasteiger partial charge in [-0.1, -0.05) is 37.3 Å². The molecule has 3 aromatic rings. The quantitative estimate of drug-likeness (QED) is 0.526. The predicted octanol–water partition coefficient (Wildman–Crippen LogP) is 4.40. The van der Waals surface area contributed by atoms with Crippen LogP contribution in [-0.2, 0) is 21.2 Å². The normalized spacial score (nSPS) is 16.1. The number of ether oxygens (including phenoxy) is 2. The van der Waals surface area contributed by atoms with Crippen molar-refractivity contribution in [2.75, 3.05) is 18.0 Å². The Morgan fingerprint density at radius 1 is 1.11 bits per heavy atom. The Balaban J connectivity index is 1.61. The molecule has 0 saturated carbocycles. The van der Waals surface area contributed by atoms with E-state index in [2.05, 4.69) is 12.2 Å². The van der Waals surface area contributed by atoms with Crippen LogP contribution in [0, 0.1) is 6.92 Å². The molecular weight excluding hydrogens is 464 g/mol. The number of benzene rings is 3. The Hall–Kier alpha value is -3.52. The molecule has 7 nitrogen and oxygen atoms in total. The van der Waals surface area contributed by atoms with Gasteiger partial charge in [0.1, 0.15) is 11.5 Å². The minimum atomic E-state index is -3.95. The third-order valence-corrected chi connectivity index (χ3v) is 7.96. The molecule has 4 rings (SSSR count). The first kappa shape index (κ1) is 24.6. The molecule has 1 heterocycles. The molecule has 0 spiro atoms. The first-order chi connectivity index (χ1) is 16.7. The Labute approximate surface area is 206 Å². The van der Waals surface area contributed by atoms with E-state index in [9.17, 15) is 13.2 Å². The van der Waals surface area contributed by atoms with Crippen LogP contribution in [0.2, 0.25) is 0 Å². The minimum absolute atomic E-state index is 0.108. The lowest BCUT2D eigenvalue weighted by molar-refractivity contribution is -0.128. The number of hydrogen-bond acceptors (Lipinski definition) is 5. The van der Waals surface area contributed by atoms with Crippen LogP contribution in [0.3, 0.4) is 0 Å². The lowest BCUT2D eigenvalue weighted by Crippen LogP contribution is -2.51. The Kier molecular flexibility index (Phi) is 7.03. The number of sulfonamides is 1. The number of methoxy groups -OCH3 is 1. The van der Waals surface area contributed by atoms with Crippen molar-refractivity contribution in [3.8, 4) is 11.5 Å². The Morgan fingerprint density at radius 2 is 1.80 bits per heavy atom. The van der Waals surface area contributed by atoms with Gasteiger partial charge in [0.2, 0.25) is 0 Å². The summed E-state index contributed by atoms with van der Waals surface area (Å²) in [6.45, 7) is 5.72. The molecule has 1 amide bonds. The zero-order valence-electron chi connectivity index (χ0n) is 20.3. The highest BCUT2D eigenvalue weighted by Crippen LogP contribution is 2.38. The largest absolute Gasteiger partial charge is 0.497 e. The molecule has 0 unspecified atom stereocenters. The first-order valence-electron chi connectivity index (χ1n) is 11.6. The zero-order chi connectivity index (χ0) is 25.2. The van der Waals surface area contributed by atoms with Gasteiger partial charge in [0.25, 0.3) is 15.9 Å². The molecule has 2 atom stereocenters. The summed E-state index contributed by atoms with van der Waals surface area (Å²) >= 11 is 0. The average molecular weight is 495 g/mol. The molecule has 1 N–H and O–H groups in total. The van der Waals surface area contributed by atoms with Crippen LogP contribution in [0.5, 0.6) is 11.5 Å². The molecule has 1 aliphatic rings. The van der Waals surface area contributed by atoms with Gasteiger partial charge >= 0.3 is 0 Å². The van der Waals surface area contributed by atoms with Crippen molar-refractivity contribution < 1.29 is 22.7 Å². The maximum Gasteiger partial charge on any atom is 0.264 e. The van der Waals surface area contributed by atoms with E-state index in [0.717, 1.165) is 17.5 Å². The van der Waals surface area contributed by atoms with Gasteiger partial charge in [-0.15, -0.1) is 0 Å². The highest BCUT2D eigenvalue weighted by molar-refractivity contribution is 7.92. The van der Waals surface area contributed by atoms with E-state index < -0.39 is 16.1 Å². The van der Waals surface area contributed by atoms with Gasteiger partial charge in [-0.2, -0.15) is 0 Å². The van der Waals surface area contributed by atoms with Crippen LogP contribution in [0.4, 0.5) is 5.69 Å². The van der Waals surface area contributed by atoms with Crippen molar-refractivity contribution in [2.45, 2.75) is 44.2 Å². The Morgan fingerprint density at radius 3 is 2.43 bits per heavy atom. The van der Waals surface area contributed by atoms with Gasteiger partial charge in [-0.25, -0.2) is 8.42 Å². The van der Waals surface area contributed by atoms with E-state index in [1.54, 1.807) is 24.3 Å². The standard InChI is InChI=1S/C27H30N2O5S/c1-5-20-7-9-21(10-8-20)19(3)28-27(30)26-17-29(24-16-18(2)6-15-25(24)34-26)35(31,32)23-13-11-22(33-4)12-14-23/h6-16,19,26H,5,17H2,1-4H3,(H,28,30)/t19-,26-/m0/s1. The average Bonchev–Trinajstić information content (AvgIpc) is 2.87. The van der Waals surface area contributed by atoms with Crippen molar-refractivity contribution in [2.24, 2.45) is 0 Å². The number of carbonyl (C=O) groups excluding carboxylic acids is 1. The van der Waals surface area contributed by atoms with Crippen molar-refractivity contribution >= 4 is 21.6 Å². The molecule has 0 aromatic heterocycles. The van der Waals surface area contributed by atoms with Crippen molar-refractivity contribution in [3.63, 3.8) is 0 Å². The summed E-state index contributed by atoms with van der Waals surface area (Å²) in [5.74, 6) is 0.526. The first-order valence-corrected chi connectivity index (χ1v) is 13.0. The van der Waals surface area contributed by atoms with E-state index in [4.69, 9.17) is 9.47 Å². The highest BCUT2D eigenvalue weighted by atomic mass is 32.2. The summed E-state index contributed by atoms with van der Waals surface area (Å²) in [5.41, 5.74) is 3.47. The van der Waals surface area contributed by atoms with Crippen LogP contribution < -0.4 is 19.1 Å². The fourth-order valence-corrected chi connectivity index (χ4v) is 5.50. The number of carbonyl (C=O) groups is 1. The van der Waals surface area contributed by atoms with Crippen LogP contribution in [0.25, 0.3) is 0 Å². The van der Waals surface area contributed by atoms with E-state index in [1.807, 2.05) is 44.2 Å². The lowest BCUT2D eigenvalue weighted by atomic mass is 10.0. The van der Waals surface area contributed by atoms with E-state index in [1.165, 1.54) is 29.1 Å². The molecule has 0 saturated heterocycles. The maximum atomic E-state index is 13.6. The second-order valence-corrected chi connectivity index (χ2v) is 10.5. The predicted molar refractivity (Wildman–Crippen MR) is 135 cm³/mol. The fourth-order valence-electron chi connectivity index (χ4n) is 4.03. The molecule has 0 fully saturated rings. The molecule has 0 bridgehead atoms. The number of rotatable bonds is 7. The van der Waals surface area contributed by atoms with Crippen LogP contribution in [-0.4, -0.2) is 34.1 Å². The molecule has 1 aliphatic heterocycles. The highest BCUT2D eigenvalue weighted by Gasteiger charge is 2.38. The SMILES string of the molecule is CCc1ccc([C@H](C)NC(=O)[C@@H]2CN(S(=O)(=O)c3ccc(OC)cc3)c3cc(C)ccc3O2)cc1.